The van der Waals surface area contributed by atoms with Crippen LogP contribution in [-0.4, -0.2) is 21.4 Å². The van der Waals surface area contributed by atoms with E-state index in [4.69, 9.17) is 11.6 Å². The van der Waals surface area contributed by atoms with Crippen LogP contribution < -0.4 is 11.0 Å². The number of hydrogen-bond donors (Lipinski definition) is 2. The van der Waals surface area contributed by atoms with Crippen molar-refractivity contribution in [3.63, 3.8) is 0 Å². The van der Waals surface area contributed by atoms with Crippen molar-refractivity contribution < 1.29 is 0 Å². The van der Waals surface area contributed by atoms with E-state index in [0.717, 1.165) is 5.56 Å². The molecule has 0 saturated heterocycles. The molecule has 1 aromatic carbocycles. The maximum atomic E-state index is 11.3. The molecule has 2 aromatic rings. The topological polar surface area (TPSA) is 83.0 Å². The van der Waals surface area contributed by atoms with Crippen LogP contribution in [0.15, 0.2) is 34.2 Å². The zero-order valence-corrected chi connectivity index (χ0v) is 10.3. The van der Waals surface area contributed by atoms with Crippen LogP contribution in [0.3, 0.4) is 0 Å². The molecule has 92 valence electrons. The molecule has 2 rings (SSSR count). The molecule has 0 atom stereocenters. The van der Waals surface area contributed by atoms with Crippen LogP contribution in [0.1, 0.15) is 11.3 Å². The van der Waals surface area contributed by atoms with E-state index < -0.39 is 0 Å². The van der Waals surface area contributed by atoms with Crippen molar-refractivity contribution in [3.8, 4) is 0 Å². The Hall–Kier alpha value is -2.21. The second-order valence-corrected chi connectivity index (χ2v) is 3.95. The first kappa shape index (κ1) is 12.3. The third-order valence-electron chi connectivity index (χ3n) is 2.09. The minimum Gasteiger partial charge on any atom is -0.288 e. The van der Waals surface area contributed by atoms with E-state index in [-0.39, 0.29) is 11.5 Å². The Labute approximate surface area is 108 Å². The Morgan fingerprint density at radius 1 is 1.44 bits per heavy atom. The number of H-pyrrole nitrogens is 1. The molecule has 0 spiro atoms. The number of nitrogens with zero attached hydrogens (tertiary/aromatic N) is 3. The summed E-state index contributed by atoms with van der Waals surface area (Å²) in [6, 6.07) is 7.20. The van der Waals surface area contributed by atoms with E-state index in [1.165, 1.54) is 0 Å². The van der Waals surface area contributed by atoms with E-state index >= 15 is 0 Å². The molecular formula is C11H10ClN5O. The number of hydrogen-bond acceptors (Lipinski definition) is 5. The molecule has 18 heavy (non-hydrogen) atoms. The van der Waals surface area contributed by atoms with Crippen molar-refractivity contribution in [2.75, 3.05) is 5.43 Å². The molecule has 0 unspecified atom stereocenters. The van der Waals surface area contributed by atoms with Gasteiger partial charge in [0.05, 0.1) is 6.21 Å². The van der Waals surface area contributed by atoms with Gasteiger partial charge in [0, 0.05) is 5.02 Å². The molecule has 1 heterocycles. The number of hydrazone groups is 1. The van der Waals surface area contributed by atoms with Gasteiger partial charge in [-0.05, 0) is 24.6 Å². The van der Waals surface area contributed by atoms with Crippen molar-refractivity contribution in [2.45, 2.75) is 6.92 Å². The average Bonchev–Trinajstić information content (AvgIpc) is 2.34. The van der Waals surface area contributed by atoms with Gasteiger partial charge in [-0.3, -0.25) is 9.78 Å². The van der Waals surface area contributed by atoms with Gasteiger partial charge in [0.1, 0.15) is 5.69 Å². The lowest BCUT2D eigenvalue weighted by Crippen LogP contribution is -2.15. The Bertz CT molecular complexity index is 637. The fourth-order valence-corrected chi connectivity index (χ4v) is 1.40. The number of halogens is 1. The lowest BCUT2D eigenvalue weighted by atomic mass is 10.2. The van der Waals surface area contributed by atoms with Crippen LogP contribution >= 0.6 is 11.6 Å². The van der Waals surface area contributed by atoms with E-state index in [9.17, 15) is 4.79 Å². The van der Waals surface area contributed by atoms with Crippen molar-refractivity contribution in [3.05, 3.63) is 50.9 Å². The van der Waals surface area contributed by atoms with Gasteiger partial charge in [0.25, 0.3) is 5.56 Å². The molecule has 0 radical (unpaired) electrons. The van der Waals surface area contributed by atoms with E-state index in [1.807, 2.05) is 12.1 Å². The van der Waals surface area contributed by atoms with Crippen molar-refractivity contribution in [1.82, 2.24) is 15.2 Å². The molecule has 0 aliphatic rings. The second kappa shape index (κ2) is 5.42. The fraction of sp³-hybridized carbons (Fsp3) is 0.0909. The molecule has 1 aromatic heterocycles. The number of aromatic nitrogens is 3. The van der Waals surface area contributed by atoms with Gasteiger partial charge in [0.2, 0.25) is 5.95 Å². The highest BCUT2D eigenvalue weighted by Gasteiger charge is 1.97. The quantitative estimate of drug-likeness (QED) is 0.650. The van der Waals surface area contributed by atoms with Gasteiger partial charge in [0.15, 0.2) is 0 Å². The Morgan fingerprint density at radius 2 is 2.28 bits per heavy atom. The predicted molar refractivity (Wildman–Crippen MR) is 70.1 cm³/mol. The molecule has 7 heteroatoms. The molecule has 0 bridgehead atoms. The third kappa shape index (κ3) is 3.14. The van der Waals surface area contributed by atoms with E-state index in [1.54, 1.807) is 25.3 Å². The Kier molecular flexibility index (Phi) is 3.69. The molecule has 6 nitrogen and oxygen atoms in total. The zero-order chi connectivity index (χ0) is 13.0. The molecule has 0 aliphatic heterocycles. The smallest absolute Gasteiger partial charge is 0.274 e. The number of aromatic amines is 1. The summed E-state index contributed by atoms with van der Waals surface area (Å²) in [5, 5.41) is 11.9. The SMILES string of the molecule is Cc1nnc(N/N=C/c2cccc(Cl)c2)[nH]c1=O. The largest absolute Gasteiger partial charge is 0.288 e. The maximum absolute atomic E-state index is 11.3. The number of rotatable bonds is 3. The van der Waals surface area contributed by atoms with Crippen LogP contribution in [0.25, 0.3) is 0 Å². The summed E-state index contributed by atoms with van der Waals surface area (Å²) >= 11 is 5.83. The Balaban J connectivity index is 2.07. The first-order chi connectivity index (χ1) is 8.65. The molecule has 0 amide bonds. The van der Waals surface area contributed by atoms with Crippen molar-refractivity contribution in [1.29, 1.82) is 0 Å². The van der Waals surface area contributed by atoms with Crippen LogP contribution in [-0.2, 0) is 0 Å². The summed E-state index contributed by atoms with van der Waals surface area (Å²) in [4.78, 5) is 13.7. The highest BCUT2D eigenvalue weighted by atomic mass is 35.5. The minimum absolute atomic E-state index is 0.184. The highest BCUT2D eigenvalue weighted by Crippen LogP contribution is 2.08. The molecular weight excluding hydrogens is 254 g/mol. The standard InChI is InChI=1S/C11H10ClN5O/c1-7-10(18)14-11(17-15-7)16-13-6-8-3-2-4-9(12)5-8/h2-6H,1H3,(H2,14,16,17,18)/b13-6+. The predicted octanol–water partition coefficient (Wildman–Crippen LogP) is 1.57. The number of nitrogens with one attached hydrogen (secondary N) is 2. The molecule has 0 saturated carbocycles. The second-order valence-electron chi connectivity index (χ2n) is 3.51. The molecule has 2 N–H and O–H groups in total. The number of anilines is 1. The Morgan fingerprint density at radius 3 is 3.00 bits per heavy atom. The summed E-state index contributed by atoms with van der Waals surface area (Å²) in [6.07, 6.45) is 1.56. The van der Waals surface area contributed by atoms with Gasteiger partial charge in [-0.25, -0.2) is 5.43 Å². The highest BCUT2D eigenvalue weighted by molar-refractivity contribution is 6.30. The number of aryl methyl sites for hydroxylation is 1. The van der Waals surface area contributed by atoms with Gasteiger partial charge >= 0.3 is 0 Å². The summed E-state index contributed by atoms with van der Waals surface area (Å²) in [5.41, 5.74) is 3.41. The average molecular weight is 264 g/mol. The summed E-state index contributed by atoms with van der Waals surface area (Å²) in [7, 11) is 0. The van der Waals surface area contributed by atoms with Gasteiger partial charge in [-0.2, -0.15) is 5.10 Å². The zero-order valence-electron chi connectivity index (χ0n) is 9.51. The molecule has 0 aliphatic carbocycles. The maximum Gasteiger partial charge on any atom is 0.274 e. The van der Waals surface area contributed by atoms with E-state index in [0.29, 0.717) is 10.7 Å². The van der Waals surface area contributed by atoms with Crippen molar-refractivity contribution in [2.24, 2.45) is 5.10 Å². The van der Waals surface area contributed by atoms with Gasteiger partial charge in [-0.15, -0.1) is 10.2 Å². The van der Waals surface area contributed by atoms with Gasteiger partial charge in [-0.1, -0.05) is 23.7 Å². The molecule has 0 fully saturated rings. The first-order valence-corrected chi connectivity index (χ1v) is 5.51. The first-order valence-electron chi connectivity index (χ1n) is 5.13. The third-order valence-corrected chi connectivity index (χ3v) is 2.33. The summed E-state index contributed by atoms with van der Waals surface area (Å²) in [6.45, 7) is 1.57. The fourth-order valence-electron chi connectivity index (χ4n) is 1.20. The summed E-state index contributed by atoms with van der Waals surface area (Å²) < 4.78 is 0. The van der Waals surface area contributed by atoms with Crippen LogP contribution in [0.5, 0.6) is 0 Å². The monoisotopic (exact) mass is 263 g/mol. The minimum atomic E-state index is -0.301. The summed E-state index contributed by atoms with van der Waals surface area (Å²) in [5.74, 6) is 0.184. The lowest BCUT2D eigenvalue weighted by molar-refractivity contribution is 0.897. The van der Waals surface area contributed by atoms with Crippen LogP contribution in [0.4, 0.5) is 5.95 Å². The van der Waals surface area contributed by atoms with Crippen molar-refractivity contribution >= 4 is 23.8 Å². The normalized spacial score (nSPS) is 10.8. The van der Waals surface area contributed by atoms with Gasteiger partial charge < -0.3 is 0 Å². The van der Waals surface area contributed by atoms with E-state index in [2.05, 4.69) is 25.7 Å². The number of benzene rings is 1. The lowest BCUT2D eigenvalue weighted by Gasteiger charge is -1.98. The van der Waals surface area contributed by atoms with Crippen LogP contribution in [0, 0.1) is 6.92 Å². The van der Waals surface area contributed by atoms with Crippen LogP contribution in [0.2, 0.25) is 5.02 Å².